The van der Waals surface area contributed by atoms with Crippen molar-refractivity contribution in [2.75, 3.05) is 6.61 Å². The normalized spacial score (nSPS) is 15.3. The van der Waals surface area contributed by atoms with Gasteiger partial charge in [-0.1, -0.05) is 12.1 Å². The number of unbranched alkanes of at least 4 members (excludes halogenated alkanes) is 1. The molecule has 0 spiro atoms. The van der Waals surface area contributed by atoms with Crippen molar-refractivity contribution in [2.45, 2.75) is 44.6 Å². The van der Waals surface area contributed by atoms with Gasteiger partial charge in [0.2, 0.25) is 0 Å². The molecule has 5 nitrogen and oxygen atoms in total. The van der Waals surface area contributed by atoms with Crippen LogP contribution in [0.4, 0.5) is 0 Å². The molecule has 0 heterocycles. The van der Waals surface area contributed by atoms with Crippen LogP contribution in [0.5, 0.6) is 5.75 Å². The first-order valence-corrected chi connectivity index (χ1v) is 7.83. The molecule has 23 heavy (non-hydrogen) atoms. The van der Waals surface area contributed by atoms with E-state index in [9.17, 15) is 9.59 Å². The quantitative estimate of drug-likeness (QED) is 0.429. The minimum Gasteiger partial charge on any atom is -0.494 e. The Kier molecular flexibility index (Phi) is 5.79. The molecule has 0 amide bonds. The van der Waals surface area contributed by atoms with Crippen LogP contribution in [-0.2, 0) is 14.3 Å². The Bertz CT molecular complexity index is 570. The molecule has 1 fully saturated rings. The van der Waals surface area contributed by atoms with Crippen molar-refractivity contribution in [3.8, 4) is 5.75 Å². The van der Waals surface area contributed by atoms with Gasteiger partial charge in [-0.25, -0.2) is 4.79 Å². The second-order valence-electron chi connectivity index (χ2n) is 5.97. The highest BCUT2D eigenvalue weighted by molar-refractivity contribution is 5.87. The first-order valence-electron chi connectivity index (χ1n) is 7.83. The van der Waals surface area contributed by atoms with E-state index >= 15 is 0 Å². The van der Waals surface area contributed by atoms with E-state index < -0.39 is 5.97 Å². The molecule has 1 saturated carbocycles. The van der Waals surface area contributed by atoms with Crippen LogP contribution >= 0.6 is 0 Å². The second kappa shape index (κ2) is 7.81. The van der Waals surface area contributed by atoms with Gasteiger partial charge in [0.25, 0.3) is 0 Å². The smallest absolute Gasteiger partial charge is 0.331 e. The fraction of sp³-hybridized carbons (Fsp3) is 0.444. The van der Waals surface area contributed by atoms with Crippen molar-refractivity contribution in [3.05, 3.63) is 35.9 Å². The van der Waals surface area contributed by atoms with E-state index in [4.69, 9.17) is 14.6 Å². The third kappa shape index (κ3) is 6.55. The number of hydrogen-bond acceptors (Lipinski definition) is 4. The lowest BCUT2D eigenvalue weighted by Gasteiger charge is -2.08. The van der Waals surface area contributed by atoms with Crippen molar-refractivity contribution < 1.29 is 24.2 Å². The van der Waals surface area contributed by atoms with Crippen LogP contribution in [0.1, 0.15) is 44.6 Å². The summed E-state index contributed by atoms with van der Waals surface area (Å²) in [6.45, 7) is 2.43. The third-order valence-electron chi connectivity index (χ3n) is 3.65. The Morgan fingerprint density at radius 2 is 1.91 bits per heavy atom. The molecule has 0 radical (unpaired) electrons. The summed E-state index contributed by atoms with van der Waals surface area (Å²) < 4.78 is 10.8. The van der Waals surface area contributed by atoms with Crippen molar-refractivity contribution in [3.63, 3.8) is 0 Å². The third-order valence-corrected chi connectivity index (χ3v) is 3.65. The van der Waals surface area contributed by atoms with Gasteiger partial charge in [-0.05, 0) is 56.4 Å². The summed E-state index contributed by atoms with van der Waals surface area (Å²) in [6.07, 6.45) is 6.50. The average Bonchev–Trinajstić information content (AvgIpc) is 3.22. The molecular weight excluding hydrogens is 296 g/mol. The van der Waals surface area contributed by atoms with E-state index in [1.165, 1.54) is 6.08 Å². The molecule has 0 aliphatic heterocycles. The van der Waals surface area contributed by atoms with Crippen LogP contribution in [0.15, 0.2) is 30.3 Å². The number of hydrogen-bond donors (Lipinski definition) is 1. The van der Waals surface area contributed by atoms with E-state index in [1.807, 2.05) is 31.2 Å². The van der Waals surface area contributed by atoms with Gasteiger partial charge in [0.1, 0.15) is 11.4 Å². The lowest BCUT2D eigenvalue weighted by molar-refractivity contribution is -0.144. The van der Waals surface area contributed by atoms with Gasteiger partial charge in [-0.15, -0.1) is 0 Å². The first-order chi connectivity index (χ1) is 11.0. The Morgan fingerprint density at radius 3 is 2.52 bits per heavy atom. The molecule has 1 aliphatic rings. The topological polar surface area (TPSA) is 72.8 Å². The summed E-state index contributed by atoms with van der Waals surface area (Å²) >= 11 is 0. The highest BCUT2D eigenvalue weighted by Crippen LogP contribution is 2.38. The Balaban J connectivity index is 1.71. The van der Waals surface area contributed by atoms with Gasteiger partial charge in [-0.3, -0.25) is 4.79 Å². The zero-order valence-corrected chi connectivity index (χ0v) is 13.3. The van der Waals surface area contributed by atoms with Crippen LogP contribution in [0.3, 0.4) is 0 Å². The summed E-state index contributed by atoms with van der Waals surface area (Å²) in [4.78, 5) is 22.0. The molecule has 0 unspecified atom stereocenters. The number of benzene rings is 1. The van der Waals surface area contributed by atoms with Gasteiger partial charge in [-0.2, -0.15) is 0 Å². The number of ether oxygens (including phenoxy) is 2. The Morgan fingerprint density at radius 1 is 1.22 bits per heavy atom. The molecule has 0 saturated heterocycles. The summed E-state index contributed by atoms with van der Waals surface area (Å²) in [7, 11) is 0. The zero-order chi connectivity index (χ0) is 16.7. The number of rotatable bonds is 9. The number of carboxylic acid groups (broad SMARTS) is 1. The molecule has 1 N–H and O–H groups in total. The highest BCUT2D eigenvalue weighted by atomic mass is 16.6. The second-order valence-corrected chi connectivity index (χ2v) is 5.97. The van der Waals surface area contributed by atoms with Gasteiger partial charge in [0.15, 0.2) is 0 Å². The molecule has 124 valence electrons. The SMILES string of the molecule is CC1(OC(=O)/C=C/c2ccc(OCCCCC(=O)O)cc2)CC1. The molecule has 2 rings (SSSR count). The summed E-state index contributed by atoms with van der Waals surface area (Å²) in [6, 6.07) is 7.36. The standard InChI is InChI=1S/C18H22O5/c1-18(11-12-18)23-17(21)10-7-14-5-8-15(9-6-14)22-13-3-2-4-16(19)20/h5-10H,2-4,11-13H2,1H3,(H,19,20)/b10-7+. The lowest BCUT2D eigenvalue weighted by atomic mass is 10.2. The molecule has 0 atom stereocenters. The number of carbonyl (C=O) groups is 2. The highest BCUT2D eigenvalue weighted by Gasteiger charge is 2.41. The van der Waals surface area contributed by atoms with Crippen molar-refractivity contribution in [2.24, 2.45) is 0 Å². The van der Waals surface area contributed by atoms with Crippen LogP contribution in [0, 0.1) is 0 Å². The van der Waals surface area contributed by atoms with Gasteiger partial charge < -0.3 is 14.6 Å². The Labute approximate surface area is 135 Å². The lowest BCUT2D eigenvalue weighted by Crippen LogP contribution is -2.13. The number of aliphatic carboxylic acids is 1. The van der Waals surface area contributed by atoms with Gasteiger partial charge in [0.05, 0.1) is 6.61 Å². The van der Waals surface area contributed by atoms with E-state index in [1.54, 1.807) is 6.08 Å². The fourth-order valence-corrected chi connectivity index (χ4v) is 1.96. The van der Waals surface area contributed by atoms with E-state index in [0.29, 0.717) is 19.4 Å². The molecule has 0 bridgehead atoms. The molecule has 1 aromatic rings. The van der Waals surface area contributed by atoms with Crippen molar-refractivity contribution >= 4 is 18.0 Å². The van der Waals surface area contributed by atoms with Crippen molar-refractivity contribution in [1.29, 1.82) is 0 Å². The number of esters is 1. The van der Waals surface area contributed by atoms with Crippen LogP contribution in [-0.4, -0.2) is 29.3 Å². The fourth-order valence-electron chi connectivity index (χ4n) is 1.96. The van der Waals surface area contributed by atoms with Gasteiger partial charge in [0, 0.05) is 12.5 Å². The monoisotopic (exact) mass is 318 g/mol. The molecule has 1 aliphatic carbocycles. The number of carbonyl (C=O) groups excluding carboxylic acids is 1. The van der Waals surface area contributed by atoms with Crippen molar-refractivity contribution in [1.82, 2.24) is 0 Å². The summed E-state index contributed by atoms with van der Waals surface area (Å²) in [5.41, 5.74) is 0.640. The van der Waals surface area contributed by atoms with Crippen LogP contribution in [0.2, 0.25) is 0 Å². The predicted molar refractivity (Wildman–Crippen MR) is 86.2 cm³/mol. The molecule has 0 aromatic heterocycles. The van der Waals surface area contributed by atoms with E-state index in [2.05, 4.69) is 0 Å². The maximum absolute atomic E-state index is 11.6. The van der Waals surface area contributed by atoms with E-state index in [0.717, 1.165) is 24.2 Å². The largest absolute Gasteiger partial charge is 0.494 e. The van der Waals surface area contributed by atoms with Crippen LogP contribution in [0.25, 0.3) is 6.08 Å². The zero-order valence-electron chi connectivity index (χ0n) is 13.3. The molecular formula is C18H22O5. The van der Waals surface area contributed by atoms with Crippen LogP contribution < -0.4 is 4.74 Å². The Hall–Kier alpha value is -2.30. The van der Waals surface area contributed by atoms with Gasteiger partial charge >= 0.3 is 11.9 Å². The summed E-state index contributed by atoms with van der Waals surface area (Å²) in [5.74, 6) is -0.371. The molecule has 1 aromatic carbocycles. The maximum Gasteiger partial charge on any atom is 0.331 e. The summed E-state index contributed by atoms with van der Waals surface area (Å²) in [5, 5.41) is 8.54. The minimum atomic E-state index is -0.782. The molecule has 5 heteroatoms. The first kappa shape index (κ1) is 17.1. The van der Waals surface area contributed by atoms with E-state index in [-0.39, 0.29) is 18.0 Å². The maximum atomic E-state index is 11.6. The number of carboxylic acids is 1. The predicted octanol–water partition coefficient (Wildman–Crippen LogP) is 3.43. The minimum absolute atomic E-state index is 0.169. The average molecular weight is 318 g/mol.